The van der Waals surface area contributed by atoms with E-state index in [2.05, 4.69) is 38.2 Å². The third-order valence-electron chi connectivity index (χ3n) is 14.2. The Kier molecular flexibility index (Phi) is 54.1. The van der Waals surface area contributed by atoms with Crippen molar-refractivity contribution in [2.75, 3.05) is 47.5 Å². The van der Waals surface area contributed by atoms with Gasteiger partial charge in [-0.15, -0.1) is 0 Å². The highest BCUT2D eigenvalue weighted by Gasteiger charge is 2.22. The van der Waals surface area contributed by atoms with Crippen molar-refractivity contribution in [3.8, 4) is 0 Å². The summed E-state index contributed by atoms with van der Waals surface area (Å²) < 4.78 is 34.2. The molecule has 0 aromatic carbocycles. The first-order valence-electron chi connectivity index (χ1n) is 31.5. The number of unbranched alkanes of at least 4 members (excludes halogenated alkanes) is 41. The molecule has 0 bridgehead atoms. The van der Waals surface area contributed by atoms with E-state index in [4.69, 9.17) is 18.5 Å². The Morgan fingerprint density at radius 3 is 1.10 bits per heavy atom. The van der Waals surface area contributed by atoms with Crippen LogP contribution >= 0.6 is 7.82 Å². The van der Waals surface area contributed by atoms with Crippen LogP contribution < -0.4 is 4.89 Å². The molecule has 432 valence electrons. The predicted molar refractivity (Wildman–Crippen MR) is 310 cm³/mol. The molecule has 2 atom stereocenters. The predicted octanol–water partition coefficient (Wildman–Crippen LogP) is 19.1. The lowest BCUT2D eigenvalue weighted by atomic mass is 10.0. The average molecular weight is 1050 g/mol. The van der Waals surface area contributed by atoms with Crippen LogP contribution in [0.4, 0.5) is 0 Å². The maximum absolute atomic E-state index is 12.8. The normalized spacial score (nSPS) is 13.3. The number of allylic oxidation sites excluding steroid dienone is 4. The quantitative estimate of drug-likeness (QED) is 0.0195. The lowest BCUT2D eigenvalue weighted by molar-refractivity contribution is -0.870. The molecule has 0 saturated carbocycles. The van der Waals surface area contributed by atoms with Crippen molar-refractivity contribution < 1.29 is 42.1 Å². The molecule has 0 amide bonds. The van der Waals surface area contributed by atoms with E-state index in [0.29, 0.717) is 17.4 Å². The van der Waals surface area contributed by atoms with Gasteiger partial charge >= 0.3 is 11.9 Å². The number of rotatable bonds is 59. The summed E-state index contributed by atoms with van der Waals surface area (Å²) in [6, 6.07) is 0. The number of quaternary nitrogens is 1. The van der Waals surface area contributed by atoms with Crippen LogP contribution in [-0.4, -0.2) is 70.0 Å². The van der Waals surface area contributed by atoms with Crippen molar-refractivity contribution in [1.29, 1.82) is 0 Å². The molecule has 0 fully saturated rings. The lowest BCUT2D eigenvalue weighted by Gasteiger charge is -2.28. The molecule has 0 radical (unpaired) electrons. The third kappa shape index (κ3) is 59.6. The molecule has 73 heavy (non-hydrogen) atoms. The zero-order chi connectivity index (χ0) is 53.5. The summed E-state index contributed by atoms with van der Waals surface area (Å²) in [6.07, 6.45) is 66.8. The zero-order valence-electron chi connectivity index (χ0n) is 49.1. The minimum absolute atomic E-state index is 0.0301. The molecule has 0 N–H and O–H groups in total. The average Bonchev–Trinajstić information content (AvgIpc) is 3.35. The number of carbonyl (C=O) groups is 2. The van der Waals surface area contributed by atoms with Gasteiger partial charge < -0.3 is 27.9 Å². The molecular formula is C63H122NO8P. The van der Waals surface area contributed by atoms with E-state index in [9.17, 15) is 19.0 Å². The molecule has 0 heterocycles. The molecule has 9 nitrogen and oxygen atoms in total. The lowest BCUT2D eigenvalue weighted by Crippen LogP contribution is -2.37. The molecular weight excluding hydrogens is 930 g/mol. The first kappa shape index (κ1) is 71.5. The van der Waals surface area contributed by atoms with E-state index in [1.807, 2.05) is 21.1 Å². The second-order valence-corrected chi connectivity index (χ2v) is 24.2. The number of phosphoric acid groups is 1. The third-order valence-corrected chi connectivity index (χ3v) is 15.2. The van der Waals surface area contributed by atoms with E-state index < -0.39 is 26.5 Å². The fourth-order valence-electron chi connectivity index (χ4n) is 9.34. The number of esters is 2. The van der Waals surface area contributed by atoms with Gasteiger partial charge in [0.2, 0.25) is 0 Å². The Bertz CT molecular complexity index is 1280. The fraction of sp³-hybridized carbons (Fsp3) is 0.905. The van der Waals surface area contributed by atoms with E-state index in [1.54, 1.807) is 0 Å². The number of ether oxygens (including phenoxy) is 2. The smallest absolute Gasteiger partial charge is 0.306 e. The van der Waals surface area contributed by atoms with E-state index in [-0.39, 0.29) is 32.0 Å². The molecule has 0 aliphatic heterocycles. The monoisotopic (exact) mass is 1050 g/mol. The van der Waals surface area contributed by atoms with Crippen LogP contribution in [0.5, 0.6) is 0 Å². The molecule has 2 unspecified atom stereocenters. The standard InChI is InChI=1S/C63H122NO8P/c1-6-8-10-12-14-16-18-20-22-24-26-27-28-29-30-31-32-33-34-35-36-37-38-40-41-43-45-47-49-51-53-55-62(65)69-59-61(60-71-73(67,68)70-58-57-64(3,4)5)72-63(66)56-54-52-50-48-46-44-42-39-25-23-21-19-17-15-13-11-9-7-2/h17,19,23,25,61H,6-16,18,20-22,24,26-60H2,1-5H3/b19-17-,25-23-. The number of carbonyl (C=O) groups excluding carboxylic acids is 2. The molecule has 0 spiro atoms. The van der Waals surface area contributed by atoms with Crippen LogP contribution in [0, 0.1) is 0 Å². The van der Waals surface area contributed by atoms with Crippen molar-refractivity contribution >= 4 is 19.8 Å². The van der Waals surface area contributed by atoms with Gasteiger partial charge in [-0.3, -0.25) is 14.2 Å². The van der Waals surface area contributed by atoms with Crippen LogP contribution in [-0.2, 0) is 32.7 Å². The summed E-state index contributed by atoms with van der Waals surface area (Å²) in [5, 5.41) is 0. The van der Waals surface area contributed by atoms with Gasteiger partial charge in [0.1, 0.15) is 19.8 Å². The molecule has 10 heteroatoms. The minimum atomic E-state index is -4.64. The van der Waals surface area contributed by atoms with Gasteiger partial charge in [0.05, 0.1) is 27.7 Å². The first-order valence-corrected chi connectivity index (χ1v) is 33.0. The summed E-state index contributed by atoms with van der Waals surface area (Å²) in [6.45, 7) is 4.27. The molecule has 0 aliphatic rings. The Morgan fingerprint density at radius 1 is 0.425 bits per heavy atom. The highest BCUT2D eigenvalue weighted by atomic mass is 31.2. The van der Waals surface area contributed by atoms with E-state index in [1.165, 1.54) is 231 Å². The molecule has 0 aromatic rings. The van der Waals surface area contributed by atoms with Gasteiger partial charge in [0, 0.05) is 12.8 Å². The Hall–Kier alpha value is -1.51. The van der Waals surface area contributed by atoms with Gasteiger partial charge in [0.25, 0.3) is 7.82 Å². The van der Waals surface area contributed by atoms with E-state index in [0.717, 1.165) is 51.4 Å². The van der Waals surface area contributed by atoms with Crippen LogP contribution in [0.1, 0.15) is 316 Å². The van der Waals surface area contributed by atoms with Crippen LogP contribution in [0.3, 0.4) is 0 Å². The van der Waals surface area contributed by atoms with Crippen LogP contribution in [0.15, 0.2) is 24.3 Å². The first-order chi connectivity index (χ1) is 35.5. The SMILES string of the molecule is CCCCCC/C=C\C/C=C\CCCCCCCCCC(=O)OC(COC(=O)CCCCCCCCCCCCCCCCCCCCCCCCCCCCCCCCC)COP(=O)([O-])OCC[N+](C)(C)C. The van der Waals surface area contributed by atoms with Crippen molar-refractivity contribution in [2.45, 2.75) is 322 Å². The van der Waals surface area contributed by atoms with Gasteiger partial charge in [-0.05, 0) is 44.9 Å². The largest absolute Gasteiger partial charge is 0.756 e. The van der Waals surface area contributed by atoms with Crippen LogP contribution in [0.25, 0.3) is 0 Å². The van der Waals surface area contributed by atoms with Crippen molar-refractivity contribution in [2.24, 2.45) is 0 Å². The van der Waals surface area contributed by atoms with Crippen LogP contribution in [0.2, 0.25) is 0 Å². The number of likely N-dealkylation sites (N-methyl/N-ethyl adjacent to an activating group) is 1. The summed E-state index contributed by atoms with van der Waals surface area (Å²) in [4.78, 5) is 37.9. The second-order valence-electron chi connectivity index (χ2n) is 22.8. The summed E-state index contributed by atoms with van der Waals surface area (Å²) >= 11 is 0. The molecule has 0 rings (SSSR count). The Morgan fingerprint density at radius 2 is 0.740 bits per heavy atom. The van der Waals surface area contributed by atoms with Gasteiger partial charge in [-0.25, -0.2) is 0 Å². The highest BCUT2D eigenvalue weighted by Crippen LogP contribution is 2.38. The van der Waals surface area contributed by atoms with Crippen molar-refractivity contribution in [3.05, 3.63) is 24.3 Å². The zero-order valence-corrected chi connectivity index (χ0v) is 50.0. The number of hydrogen-bond donors (Lipinski definition) is 0. The second kappa shape index (κ2) is 55.3. The summed E-state index contributed by atoms with van der Waals surface area (Å²) in [7, 11) is 1.17. The maximum atomic E-state index is 12.8. The molecule has 0 aliphatic carbocycles. The van der Waals surface area contributed by atoms with E-state index >= 15 is 0 Å². The number of nitrogens with zero attached hydrogens (tertiary/aromatic N) is 1. The Labute approximate surface area is 453 Å². The summed E-state index contributed by atoms with van der Waals surface area (Å²) in [5.74, 6) is -0.826. The summed E-state index contributed by atoms with van der Waals surface area (Å²) in [5.41, 5.74) is 0. The van der Waals surface area contributed by atoms with Gasteiger partial charge in [-0.2, -0.15) is 0 Å². The topological polar surface area (TPSA) is 111 Å². The fourth-order valence-corrected chi connectivity index (χ4v) is 10.1. The molecule has 0 aromatic heterocycles. The molecule has 0 saturated heterocycles. The van der Waals surface area contributed by atoms with Gasteiger partial charge in [-0.1, -0.05) is 282 Å². The Balaban J connectivity index is 4.00. The number of phosphoric ester groups is 1. The maximum Gasteiger partial charge on any atom is 0.306 e. The highest BCUT2D eigenvalue weighted by molar-refractivity contribution is 7.45. The van der Waals surface area contributed by atoms with Crippen molar-refractivity contribution in [3.63, 3.8) is 0 Å². The minimum Gasteiger partial charge on any atom is -0.756 e. The van der Waals surface area contributed by atoms with Crippen molar-refractivity contribution in [1.82, 2.24) is 0 Å². The number of hydrogen-bond acceptors (Lipinski definition) is 8. The van der Waals surface area contributed by atoms with Gasteiger partial charge in [0.15, 0.2) is 6.10 Å².